The van der Waals surface area contributed by atoms with Crippen LogP contribution in [0.25, 0.3) is 0 Å². The van der Waals surface area contributed by atoms with E-state index in [1.165, 1.54) is 0 Å². The zero-order valence-corrected chi connectivity index (χ0v) is 4.30. The summed E-state index contributed by atoms with van der Waals surface area (Å²) in [5.74, 6) is 0. The molecular formula is C6H10N. The normalized spacial score (nSPS) is 12.7. The van der Waals surface area contributed by atoms with Crippen LogP contribution in [0.1, 0.15) is 0 Å². The van der Waals surface area contributed by atoms with Gasteiger partial charge in [-0.05, 0) is 0 Å². The van der Waals surface area contributed by atoms with E-state index in [4.69, 9.17) is 5.73 Å². The lowest BCUT2D eigenvalue weighted by Crippen LogP contribution is -2.14. The fourth-order valence-corrected chi connectivity index (χ4v) is 0.236. The van der Waals surface area contributed by atoms with Crippen molar-refractivity contribution in [2.24, 2.45) is 5.73 Å². The van der Waals surface area contributed by atoms with Crippen LogP contribution in [0.5, 0.6) is 0 Å². The van der Waals surface area contributed by atoms with Crippen molar-refractivity contribution in [1.29, 1.82) is 0 Å². The van der Waals surface area contributed by atoms with Crippen molar-refractivity contribution in [2.75, 3.05) is 0 Å². The Hall–Kier alpha value is -0.560. The third-order valence-corrected chi connectivity index (χ3v) is 0.630. The molecule has 2 N–H and O–H groups in total. The SMILES string of the molecule is C=C[CH]C(N)C=C. The Kier molecular flexibility index (Phi) is 3.33. The van der Waals surface area contributed by atoms with Gasteiger partial charge in [0.2, 0.25) is 0 Å². The zero-order valence-electron chi connectivity index (χ0n) is 4.30. The van der Waals surface area contributed by atoms with E-state index in [9.17, 15) is 0 Å². The summed E-state index contributed by atoms with van der Waals surface area (Å²) in [5, 5.41) is 0. The van der Waals surface area contributed by atoms with Crippen molar-refractivity contribution in [3.8, 4) is 0 Å². The van der Waals surface area contributed by atoms with Crippen molar-refractivity contribution in [1.82, 2.24) is 0 Å². The second-order valence-electron chi connectivity index (χ2n) is 1.24. The van der Waals surface area contributed by atoms with Crippen LogP contribution in [-0.4, -0.2) is 6.04 Å². The maximum Gasteiger partial charge on any atom is 0.0291 e. The van der Waals surface area contributed by atoms with Crippen LogP contribution < -0.4 is 5.73 Å². The van der Waals surface area contributed by atoms with E-state index < -0.39 is 0 Å². The van der Waals surface area contributed by atoms with E-state index >= 15 is 0 Å². The van der Waals surface area contributed by atoms with Crippen molar-refractivity contribution in [3.05, 3.63) is 31.7 Å². The highest BCUT2D eigenvalue weighted by molar-refractivity contribution is 5.02. The van der Waals surface area contributed by atoms with Crippen molar-refractivity contribution < 1.29 is 0 Å². The Labute approximate surface area is 44.5 Å². The monoisotopic (exact) mass is 96.1 g/mol. The molecule has 0 aliphatic carbocycles. The molecule has 0 saturated carbocycles. The lowest BCUT2D eigenvalue weighted by atomic mass is 10.2. The van der Waals surface area contributed by atoms with Gasteiger partial charge in [-0.1, -0.05) is 12.2 Å². The van der Waals surface area contributed by atoms with E-state index in [0.29, 0.717) is 0 Å². The zero-order chi connectivity index (χ0) is 5.70. The molecule has 0 bridgehead atoms. The summed E-state index contributed by atoms with van der Waals surface area (Å²) in [6, 6.07) is -0.0301. The number of hydrogen-bond donors (Lipinski definition) is 1. The molecule has 0 spiro atoms. The van der Waals surface area contributed by atoms with Crippen LogP contribution in [0.3, 0.4) is 0 Å². The molecule has 1 radical (unpaired) electrons. The predicted molar refractivity (Wildman–Crippen MR) is 32.7 cm³/mol. The molecule has 0 fully saturated rings. The predicted octanol–water partition coefficient (Wildman–Crippen LogP) is 0.890. The van der Waals surface area contributed by atoms with Gasteiger partial charge in [-0.2, -0.15) is 0 Å². The Morgan fingerprint density at radius 1 is 1.43 bits per heavy atom. The van der Waals surface area contributed by atoms with Crippen LogP contribution in [0.2, 0.25) is 0 Å². The number of hydrogen-bond acceptors (Lipinski definition) is 1. The summed E-state index contributed by atoms with van der Waals surface area (Å²) in [4.78, 5) is 0. The van der Waals surface area contributed by atoms with Gasteiger partial charge in [0.05, 0.1) is 0 Å². The topological polar surface area (TPSA) is 26.0 Å². The Bertz CT molecular complexity index is 66.6. The first-order valence-corrected chi connectivity index (χ1v) is 2.15. The lowest BCUT2D eigenvalue weighted by Gasteiger charge is -1.95. The summed E-state index contributed by atoms with van der Waals surface area (Å²) >= 11 is 0. The second kappa shape index (κ2) is 3.62. The van der Waals surface area contributed by atoms with Gasteiger partial charge in [-0.15, -0.1) is 13.2 Å². The van der Waals surface area contributed by atoms with Crippen molar-refractivity contribution in [2.45, 2.75) is 6.04 Å². The third kappa shape index (κ3) is 3.27. The molecule has 1 heteroatoms. The first-order valence-electron chi connectivity index (χ1n) is 2.15. The highest BCUT2D eigenvalue weighted by atomic mass is 14.6. The van der Waals surface area contributed by atoms with E-state index in [-0.39, 0.29) is 6.04 Å². The summed E-state index contributed by atoms with van der Waals surface area (Å²) < 4.78 is 0. The van der Waals surface area contributed by atoms with Gasteiger partial charge in [-0.3, -0.25) is 0 Å². The Balaban J connectivity index is 3.15. The van der Waals surface area contributed by atoms with Crippen LogP contribution in [-0.2, 0) is 0 Å². The number of rotatable bonds is 3. The summed E-state index contributed by atoms with van der Waals surface area (Å²) in [6.45, 7) is 6.94. The molecule has 0 aliphatic heterocycles. The quantitative estimate of drug-likeness (QED) is 0.519. The number of nitrogens with two attached hydrogens (primary N) is 1. The molecule has 0 aromatic rings. The molecule has 39 valence electrons. The Morgan fingerprint density at radius 3 is 2.14 bits per heavy atom. The smallest absolute Gasteiger partial charge is 0.0291 e. The van der Waals surface area contributed by atoms with Crippen molar-refractivity contribution >= 4 is 0 Å². The van der Waals surface area contributed by atoms with Gasteiger partial charge in [0.15, 0.2) is 0 Å². The highest BCUT2D eigenvalue weighted by Crippen LogP contribution is 1.84. The minimum Gasteiger partial charge on any atom is -0.324 e. The van der Waals surface area contributed by atoms with Gasteiger partial charge >= 0.3 is 0 Å². The summed E-state index contributed by atoms with van der Waals surface area (Å²) in [6.07, 6.45) is 5.08. The summed E-state index contributed by atoms with van der Waals surface area (Å²) in [7, 11) is 0. The molecule has 0 aliphatic rings. The van der Waals surface area contributed by atoms with Crippen LogP contribution in [0.15, 0.2) is 25.3 Å². The lowest BCUT2D eigenvalue weighted by molar-refractivity contribution is 0.980. The van der Waals surface area contributed by atoms with Gasteiger partial charge in [0, 0.05) is 12.5 Å². The molecule has 1 unspecified atom stereocenters. The van der Waals surface area contributed by atoms with Gasteiger partial charge in [0.25, 0.3) is 0 Å². The first kappa shape index (κ1) is 6.44. The van der Waals surface area contributed by atoms with E-state index in [2.05, 4.69) is 13.2 Å². The second-order valence-corrected chi connectivity index (χ2v) is 1.24. The minimum atomic E-state index is -0.0301. The van der Waals surface area contributed by atoms with E-state index in [1.54, 1.807) is 18.6 Å². The standard InChI is InChI=1S/C6H10N/c1-3-5-6(7)4-2/h3-6H,1-2,7H2. The first-order chi connectivity index (χ1) is 3.31. The average molecular weight is 96.2 g/mol. The molecule has 0 aromatic carbocycles. The largest absolute Gasteiger partial charge is 0.324 e. The maximum atomic E-state index is 5.34. The molecule has 7 heavy (non-hydrogen) atoms. The third-order valence-electron chi connectivity index (χ3n) is 0.630. The van der Waals surface area contributed by atoms with Crippen LogP contribution >= 0.6 is 0 Å². The molecule has 1 nitrogen and oxygen atoms in total. The van der Waals surface area contributed by atoms with E-state index in [1.807, 2.05) is 0 Å². The molecule has 0 saturated heterocycles. The van der Waals surface area contributed by atoms with Crippen molar-refractivity contribution in [3.63, 3.8) is 0 Å². The van der Waals surface area contributed by atoms with E-state index in [0.717, 1.165) is 0 Å². The summed E-state index contributed by atoms with van der Waals surface area (Å²) in [5.41, 5.74) is 5.34. The maximum absolute atomic E-state index is 5.34. The molecular weight excluding hydrogens is 86.1 g/mol. The molecule has 0 amide bonds. The molecule has 0 aromatic heterocycles. The fourth-order valence-electron chi connectivity index (χ4n) is 0.236. The Morgan fingerprint density at radius 2 is 2.00 bits per heavy atom. The molecule has 0 rings (SSSR count). The van der Waals surface area contributed by atoms with Gasteiger partial charge < -0.3 is 5.73 Å². The highest BCUT2D eigenvalue weighted by Gasteiger charge is 1.87. The molecule has 1 atom stereocenters. The minimum absolute atomic E-state index is 0.0301. The fraction of sp³-hybridized carbons (Fsp3) is 0.167. The van der Waals surface area contributed by atoms with Gasteiger partial charge in [0.1, 0.15) is 0 Å². The van der Waals surface area contributed by atoms with Crippen LogP contribution in [0.4, 0.5) is 0 Å². The molecule has 0 heterocycles. The van der Waals surface area contributed by atoms with Gasteiger partial charge in [-0.25, -0.2) is 0 Å². The van der Waals surface area contributed by atoms with Crippen LogP contribution in [0, 0.1) is 6.42 Å². The average Bonchev–Trinajstić information content (AvgIpc) is 1.68.